The minimum Gasteiger partial charge on any atom is -0.478 e. The molecule has 22 heavy (non-hydrogen) atoms. The number of carbonyl (C=O) groups excluding carboxylic acids is 2. The average molecular weight is 312 g/mol. The number of aliphatic carboxylic acids is 2. The fourth-order valence-corrected chi connectivity index (χ4v) is 1.82. The van der Waals surface area contributed by atoms with E-state index in [-0.39, 0.29) is 24.0 Å². The molecule has 0 rings (SSSR count). The van der Waals surface area contributed by atoms with Crippen molar-refractivity contribution >= 4 is 23.8 Å². The number of carbonyl (C=O) groups is 4. The Morgan fingerprint density at radius 2 is 1.00 bits per heavy atom. The Bertz CT molecular complexity index is 461. The van der Waals surface area contributed by atoms with Gasteiger partial charge in [-0.2, -0.15) is 0 Å². The van der Waals surface area contributed by atoms with Gasteiger partial charge in [0.2, 0.25) is 11.8 Å². The van der Waals surface area contributed by atoms with Gasteiger partial charge < -0.3 is 21.7 Å². The van der Waals surface area contributed by atoms with Crippen LogP contribution in [0.4, 0.5) is 0 Å². The number of amides is 2. The molecule has 122 valence electrons. The summed E-state index contributed by atoms with van der Waals surface area (Å²) in [5, 5.41) is 17.2. The van der Waals surface area contributed by atoms with Crippen LogP contribution in [-0.2, 0) is 19.2 Å². The Morgan fingerprint density at radius 3 is 1.23 bits per heavy atom. The van der Waals surface area contributed by atoms with Crippen molar-refractivity contribution in [2.45, 2.75) is 38.5 Å². The molecule has 0 radical (unpaired) electrons. The second kappa shape index (κ2) is 10.1. The molecule has 6 N–H and O–H groups in total. The minimum absolute atomic E-state index is 0.0519. The van der Waals surface area contributed by atoms with Crippen molar-refractivity contribution < 1.29 is 29.4 Å². The van der Waals surface area contributed by atoms with Crippen LogP contribution in [0, 0.1) is 0 Å². The molecule has 0 aliphatic carbocycles. The summed E-state index contributed by atoms with van der Waals surface area (Å²) >= 11 is 0. The maximum atomic E-state index is 11.0. The molecule has 0 unspecified atom stereocenters. The molecule has 0 fully saturated rings. The van der Waals surface area contributed by atoms with E-state index in [1.54, 1.807) is 0 Å². The smallest absolute Gasteiger partial charge is 0.328 e. The number of hydrogen-bond donors (Lipinski definition) is 4. The first-order valence-corrected chi connectivity index (χ1v) is 6.70. The monoisotopic (exact) mass is 312 g/mol. The van der Waals surface area contributed by atoms with Crippen LogP contribution in [0.2, 0.25) is 0 Å². The van der Waals surface area contributed by atoms with Gasteiger partial charge in [-0.05, 0) is 25.7 Å². The number of carboxylic acid groups (broad SMARTS) is 2. The summed E-state index contributed by atoms with van der Waals surface area (Å²) < 4.78 is 0. The van der Waals surface area contributed by atoms with Crippen molar-refractivity contribution in [3.63, 3.8) is 0 Å². The zero-order valence-electron chi connectivity index (χ0n) is 12.1. The molecule has 0 aliphatic heterocycles. The summed E-state index contributed by atoms with van der Waals surface area (Å²) in [6.45, 7) is 0. The number of primary amides is 2. The number of carboxylic acids is 2. The van der Waals surface area contributed by atoms with Crippen molar-refractivity contribution in [3.8, 4) is 0 Å². The van der Waals surface area contributed by atoms with Crippen LogP contribution in [0.3, 0.4) is 0 Å². The molecular formula is C14H20N2O6. The third kappa shape index (κ3) is 9.29. The highest BCUT2D eigenvalue weighted by Gasteiger charge is 2.09. The summed E-state index contributed by atoms with van der Waals surface area (Å²) in [5.74, 6) is -3.97. The first-order valence-electron chi connectivity index (χ1n) is 6.70. The van der Waals surface area contributed by atoms with Gasteiger partial charge >= 0.3 is 11.9 Å². The van der Waals surface area contributed by atoms with E-state index in [1.807, 2.05) is 0 Å². The highest BCUT2D eigenvalue weighted by atomic mass is 16.4. The number of nitrogens with two attached hydrogens (primary N) is 2. The maximum Gasteiger partial charge on any atom is 0.328 e. The van der Waals surface area contributed by atoms with E-state index in [1.165, 1.54) is 0 Å². The highest BCUT2D eigenvalue weighted by molar-refractivity contribution is 5.98. The van der Waals surface area contributed by atoms with Crippen molar-refractivity contribution in [2.75, 3.05) is 0 Å². The van der Waals surface area contributed by atoms with Gasteiger partial charge in [0.1, 0.15) is 0 Å². The lowest BCUT2D eigenvalue weighted by atomic mass is 10.0. The Labute approximate surface area is 127 Å². The predicted octanol–water partition coefficient (Wildman–Crippen LogP) is 0.320. The van der Waals surface area contributed by atoms with E-state index in [4.69, 9.17) is 21.7 Å². The number of hydrogen-bond acceptors (Lipinski definition) is 4. The Morgan fingerprint density at radius 1 is 0.682 bits per heavy atom. The standard InChI is InChI=1S/C14H20N2O6/c15-13(21)9(7-11(17)18)5-3-1-2-4-6-10(14(16)22)8-12(19)20/h7-8H,1-6H2,(H2,15,21)(H2,16,22)(H,17,18)(H,19,20)/b9-7-,10-8-. The maximum absolute atomic E-state index is 11.0. The summed E-state index contributed by atoms with van der Waals surface area (Å²) in [5.41, 5.74) is 10.2. The summed E-state index contributed by atoms with van der Waals surface area (Å²) in [7, 11) is 0. The molecule has 2 amide bonds. The second-order valence-corrected chi connectivity index (χ2v) is 4.66. The van der Waals surface area contributed by atoms with Crippen LogP contribution in [0.1, 0.15) is 38.5 Å². The highest BCUT2D eigenvalue weighted by Crippen LogP contribution is 2.13. The minimum atomic E-state index is -1.22. The molecule has 0 aromatic rings. The molecule has 0 spiro atoms. The Kier molecular flexibility index (Phi) is 8.92. The van der Waals surface area contributed by atoms with Gasteiger partial charge in [0.25, 0.3) is 0 Å². The first kappa shape index (κ1) is 19.4. The fraction of sp³-hybridized carbons (Fsp3) is 0.429. The molecule has 8 nitrogen and oxygen atoms in total. The Balaban J connectivity index is 4.13. The van der Waals surface area contributed by atoms with E-state index < -0.39 is 23.8 Å². The summed E-state index contributed by atoms with van der Waals surface area (Å²) in [4.78, 5) is 43.0. The molecule has 0 saturated carbocycles. The number of unbranched alkanes of at least 4 members (excludes halogenated alkanes) is 3. The van der Waals surface area contributed by atoms with Gasteiger partial charge in [0, 0.05) is 23.3 Å². The van der Waals surface area contributed by atoms with E-state index in [2.05, 4.69) is 0 Å². The Hall–Kier alpha value is -2.64. The molecule has 0 heterocycles. The lowest BCUT2D eigenvalue weighted by Gasteiger charge is -2.04. The topological polar surface area (TPSA) is 161 Å². The van der Waals surface area contributed by atoms with Gasteiger partial charge in [-0.3, -0.25) is 9.59 Å². The second-order valence-electron chi connectivity index (χ2n) is 4.66. The van der Waals surface area contributed by atoms with Crippen molar-refractivity contribution in [3.05, 3.63) is 23.3 Å². The van der Waals surface area contributed by atoms with Gasteiger partial charge in [0.05, 0.1) is 0 Å². The third-order valence-corrected chi connectivity index (χ3v) is 2.87. The van der Waals surface area contributed by atoms with Crippen molar-refractivity contribution in [2.24, 2.45) is 11.5 Å². The average Bonchev–Trinajstić information content (AvgIpc) is 2.38. The van der Waals surface area contributed by atoms with Gasteiger partial charge in [0.15, 0.2) is 0 Å². The van der Waals surface area contributed by atoms with Crippen LogP contribution in [-0.4, -0.2) is 34.0 Å². The van der Waals surface area contributed by atoms with E-state index in [0.29, 0.717) is 25.7 Å². The van der Waals surface area contributed by atoms with Crippen LogP contribution in [0.15, 0.2) is 23.3 Å². The largest absolute Gasteiger partial charge is 0.478 e. The predicted molar refractivity (Wildman–Crippen MR) is 77.5 cm³/mol. The van der Waals surface area contributed by atoms with Crippen molar-refractivity contribution in [1.29, 1.82) is 0 Å². The molecule has 0 bridgehead atoms. The van der Waals surface area contributed by atoms with Gasteiger partial charge in [-0.15, -0.1) is 0 Å². The SMILES string of the molecule is NC(=O)/C(=C\C(=O)O)CCCCCC/C(=C/C(=O)O)C(N)=O. The zero-order chi connectivity index (χ0) is 17.1. The molecule has 0 aromatic carbocycles. The summed E-state index contributed by atoms with van der Waals surface area (Å²) in [6, 6.07) is 0. The molecule has 0 saturated heterocycles. The molecule has 0 atom stereocenters. The lowest BCUT2D eigenvalue weighted by Crippen LogP contribution is -2.15. The van der Waals surface area contributed by atoms with Crippen LogP contribution < -0.4 is 11.5 Å². The van der Waals surface area contributed by atoms with Crippen LogP contribution in [0.25, 0.3) is 0 Å². The number of rotatable bonds is 11. The lowest BCUT2D eigenvalue weighted by molar-refractivity contribution is -0.132. The zero-order valence-corrected chi connectivity index (χ0v) is 12.1. The van der Waals surface area contributed by atoms with Crippen LogP contribution in [0.5, 0.6) is 0 Å². The van der Waals surface area contributed by atoms with Crippen LogP contribution >= 0.6 is 0 Å². The third-order valence-electron chi connectivity index (χ3n) is 2.87. The normalized spacial score (nSPS) is 12.0. The van der Waals surface area contributed by atoms with E-state index >= 15 is 0 Å². The quantitative estimate of drug-likeness (QED) is 0.317. The van der Waals surface area contributed by atoms with E-state index in [9.17, 15) is 19.2 Å². The summed E-state index contributed by atoms with van der Waals surface area (Å²) in [6.07, 6.45) is 4.61. The fourth-order valence-electron chi connectivity index (χ4n) is 1.82. The van der Waals surface area contributed by atoms with Crippen molar-refractivity contribution in [1.82, 2.24) is 0 Å². The first-order chi connectivity index (χ1) is 10.2. The molecule has 0 aromatic heterocycles. The molecule has 8 heteroatoms. The molecule has 0 aliphatic rings. The van der Waals surface area contributed by atoms with E-state index in [0.717, 1.165) is 12.2 Å². The van der Waals surface area contributed by atoms with Gasteiger partial charge in [-0.25, -0.2) is 9.59 Å². The molecular weight excluding hydrogens is 292 g/mol. The van der Waals surface area contributed by atoms with Gasteiger partial charge in [-0.1, -0.05) is 12.8 Å².